The molecule has 0 unspecified atom stereocenters. The lowest BCUT2D eigenvalue weighted by Gasteiger charge is -2.36. The van der Waals surface area contributed by atoms with Crippen molar-refractivity contribution in [3.63, 3.8) is 0 Å². The SMILES string of the molecule is COc1ccc2c(c1)CCN(CC1CCN(S(=O)(=O)c3ccc(C)cc3)CC1)C2. The fraction of sp³-hybridized carbons (Fsp3) is 0.478. The second kappa shape index (κ2) is 8.46. The Morgan fingerprint density at radius 3 is 2.41 bits per heavy atom. The molecule has 0 amide bonds. The topological polar surface area (TPSA) is 49.9 Å². The lowest BCUT2D eigenvalue weighted by molar-refractivity contribution is 0.171. The van der Waals surface area contributed by atoms with Crippen molar-refractivity contribution in [1.29, 1.82) is 0 Å². The number of sulfonamides is 1. The predicted molar refractivity (Wildman–Crippen MR) is 115 cm³/mol. The van der Waals surface area contributed by atoms with Gasteiger partial charge in [-0.3, -0.25) is 4.90 Å². The van der Waals surface area contributed by atoms with Crippen LogP contribution in [0.4, 0.5) is 0 Å². The predicted octanol–water partition coefficient (Wildman–Crippen LogP) is 3.46. The largest absolute Gasteiger partial charge is 0.497 e. The molecule has 2 heterocycles. The maximum Gasteiger partial charge on any atom is 0.243 e. The van der Waals surface area contributed by atoms with E-state index in [1.165, 1.54) is 11.1 Å². The van der Waals surface area contributed by atoms with Crippen molar-refractivity contribution >= 4 is 10.0 Å². The molecule has 0 N–H and O–H groups in total. The molecule has 156 valence electrons. The third kappa shape index (κ3) is 4.49. The molecule has 0 bridgehead atoms. The number of fused-ring (bicyclic) bond motifs is 1. The smallest absolute Gasteiger partial charge is 0.243 e. The second-order valence-electron chi connectivity index (χ2n) is 8.28. The van der Waals surface area contributed by atoms with Crippen LogP contribution in [0.15, 0.2) is 47.4 Å². The quantitative estimate of drug-likeness (QED) is 0.752. The summed E-state index contributed by atoms with van der Waals surface area (Å²) in [5.74, 6) is 1.48. The maximum absolute atomic E-state index is 12.9. The summed E-state index contributed by atoms with van der Waals surface area (Å²) in [5, 5.41) is 0. The zero-order valence-corrected chi connectivity index (χ0v) is 18.1. The summed E-state index contributed by atoms with van der Waals surface area (Å²) in [6.45, 7) is 6.27. The van der Waals surface area contributed by atoms with Crippen LogP contribution in [0.5, 0.6) is 5.75 Å². The number of hydrogen-bond acceptors (Lipinski definition) is 4. The summed E-state index contributed by atoms with van der Waals surface area (Å²) in [4.78, 5) is 2.92. The number of rotatable bonds is 5. The first-order chi connectivity index (χ1) is 14.0. The van der Waals surface area contributed by atoms with Crippen molar-refractivity contribution in [2.45, 2.75) is 37.6 Å². The molecule has 0 aliphatic carbocycles. The molecular weight excluding hydrogens is 384 g/mol. The zero-order chi connectivity index (χ0) is 20.4. The first-order valence-electron chi connectivity index (χ1n) is 10.4. The average molecular weight is 415 g/mol. The molecule has 1 saturated heterocycles. The number of aryl methyl sites for hydroxylation is 1. The molecule has 0 radical (unpaired) electrons. The van der Waals surface area contributed by atoms with E-state index >= 15 is 0 Å². The highest BCUT2D eigenvalue weighted by Crippen LogP contribution is 2.28. The Bertz CT molecular complexity index is 949. The van der Waals surface area contributed by atoms with Gasteiger partial charge in [-0.25, -0.2) is 8.42 Å². The van der Waals surface area contributed by atoms with E-state index in [1.807, 2.05) is 25.1 Å². The number of nitrogens with zero attached hydrogens (tertiary/aromatic N) is 2. The minimum atomic E-state index is -3.37. The van der Waals surface area contributed by atoms with Gasteiger partial charge in [0, 0.05) is 32.7 Å². The van der Waals surface area contributed by atoms with Crippen molar-refractivity contribution in [3.8, 4) is 5.75 Å². The van der Waals surface area contributed by atoms with Crippen LogP contribution in [-0.4, -0.2) is 50.9 Å². The molecule has 2 aliphatic heterocycles. The van der Waals surface area contributed by atoms with Gasteiger partial charge in [-0.15, -0.1) is 0 Å². The van der Waals surface area contributed by atoms with E-state index < -0.39 is 10.0 Å². The molecule has 2 aromatic carbocycles. The van der Waals surface area contributed by atoms with Crippen LogP contribution >= 0.6 is 0 Å². The number of methoxy groups -OCH3 is 1. The van der Waals surface area contributed by atoms with Crippen LogP contribution in [0.25, 0.3) is 0 Å². The maximum atomic E-state index is 12.9. The summed E-state index contributed by atoms with van der Waals surface area (Å²) < 4.78 is 32.8. The average Bonchev–Trinajstić information content (AvgIpc) is 2.74. The Hall–Kier alpha value is -1.89. The van der Waals surface area contributed by atoms with E-state index in [9.17, 15) is 8.42 Å². The first kappa shape index (κ1) is 20.4. The number of benzene rings is 2. The summed E-state index contributed by atoms with van der Waals surface area (Å²) in [5.41, 5.74) is 3.85. The number of ether oxygens (including phenoxy) is 1. The van der Waals surface area contributed by atoms with Crippen LogP contribution in [-0.2, 0) is 23.0 Å². The minimum absolute atomic E-state index is 0.407. The van der Waals surface area contributed by atoms with E-state index in [1.54, 1.807) is 23.5 Å². The van der Waals surface area contributed by atoms with Crippen LogP contribution in [0.2, 0.25) is 0 Å². The minimum Gasteiger partial charge on any atom is -0.497 e. The Labute approximate surface area is 174 Å². The number of piperidine rings is 1. The fourth-order valence-corrected chi connectivity index (χ4v) is 5.90. The highest BCUT2D eigenvalue weighted by atomic mass is 32.2. The van der Waals surface area contributed by atoms with Crippen molar-refractivity contribution in [3.05, 3.63) is 59.2 Å². The van der Waals surface area contributed by atoms with Gasteiger partial charge >= 0.3 is 0 Å². The van der Waals surface area contributed by atoms with E-state index in [0.717, 1.165) is 50.2 Å². The fourth-order valence-electron chi connectivity index (χ4n) is 4.43. The van der Waals surface area contributed by atoms with Crippen molar-refractivity contribution in [2.24, 2.45) is 5.92 Å². The lowest BCUT2D eigenvalue weighted by Crippen LogP contribution is -2.42. The van der Waals surface area contributed by atoms with Crippen LogP contribution < -0.4 is 4.74 Å². The highest BCUT2D eigenvalue weighted by molar-refractivity contribution is 7.89. The molecule has 0 saturated carbocycles. The molecule has 0 aromatic heterocycles. The van der Waals surface area contributed by atoms with Gasteiger partial charge in [0.1, 0.15) is 5.75 Å². The van der Waals surface area contributed by atoms with Crippen molar-refractivity contribution < 1.29 is 13.2 Å². The third-order valence-corrected chi connectivity index (χ3v) is 8.17. The second-order valence-corrected chi connectivity index (χ2v) is 10.2. The lowest BCUT2D eigenvalue weighted by atomic mass is 9.94. The van der Waals surface area contributed by atoms with Crippen molar-refractivity contribution in [1.82, 2.24) is 9.21 Å². The Balaban J connectivity index is 1.32. The summed E-state index contributed by atoms with van der Waals surface area (Å²) in [6.07, 6.45) is 2.90. The Morgan fingerprint density at radius 2 is 1.72 bits per heavy atom. The Kier molecular flexibility index (Phi) is 5.95. The molecule has 2 aliphatic rings. The highest BCUT2D eigenvalue weighted by Gasteiger charge is 2.30. The van der Waals surface area contributed by atoms with Gasteiger partial charge in [0.2, 0.25) is 10.0 Å². The van der Waals surface area contributed by atoms with Crippen LogP contribution in [0, 0.1) is 12.8 Å². The third-order valence-electron chi connectivity index (χ3n) is 6.25. The van der Waals surface area contributed by atoms with Gasteiger partial charge in [0.15, 0.2) is 0 Å². The summed E-state index contributed by atoms with van der Waals surface area (Å²) >= 11 is 0. The van der Waals surface area contributed by atoms with Gasteiger partial charge in [0.25, 0.3) is 0 Å². The zero-order valence-electron chi connectivity index (χ0n) is 17.3. The summed E-state index contributed by atoms with van der Waals surface area (Å²) in [7, 11) is -1.66. The molecule has 5 nitrogen and oxygen atoms in total. The van der Waals surface area contributed by atoms with E-state index in [2.05, 4.69) is 17.0 Å². The monoisotopic (exact) mass is 414 g/mol. The molecular formula is C23H30N2O3S. The molecule has 2 aromatic rings. The molecule has 1 fully saturated rings. The molecule has 4 rings (SSSR count). The van der Waals surface area contributed by atoms with Gasteiger partial charge in [-0.1, -0.05) is 23.8 Å². The normalized spacial score (nSPS) is 19.1. The molecule has 6 heteroatoms. The van der Waals surface area contributed by atoms with Gasteiger partial charge in [-0.2, -0.15) is 4.31 Å². The number of hydrogen-bond donors (Lipinski definition) is 0. The van der Waals surface area contributed by atoms with Crippen LogP contribution in [0.3, 0.4) is 0 Å². The van der Waals surface area contributed by atoms with E-state index in [4.69, 9.17) is 4.74 Å². The van der Waals surface area contributed by atoms with E-state index in [0.29, 0.717) is 23.9 Å². The molecule has 0 spiro atoms. The van der Waals surface area contributed by atoms with Crippen molar-refractivity contribution in [2.75, 3.05) is 33.3 Å². The first-order valence-corrected chi connectivity index (χ1v) is 11.8. The van der Waals surface area contributed by atoms with Gasteiger partial charge in [0.05, 0.1) is 12.0 Å². The Morgan fingerprint density at radius 1 is 1.00 bits per heavy atom. The standard InChI is InChI=1S/C23H30N2O3S/c1-18-3-7-23(8-4-18)29(26,27)25-13-9-19(10-14-25)16-24-12-11-20-15-22(28-2)6-5-21(20)17-24/h3-8,15,19H,9-14,16-17H2,1-2H3. The molecule has 29 heavy (non-hydrogen) atoms. The van der Waals surface area contributed by atoms with E-state index in [-0.39, 0.29) is 0 Å². The molecule has 0 atom stereocenters. The van der Waals surface area contributed by atoms with Gasteiger partial charge in [-0.05, 0) is 67.5 Å². The summed E-state index contributed by atoms with van der Waals surface area (Å²) in [6, 6.07) is 13.5. The van der Waals surface area contributed by atoms with Gasteiger partial charge < -0.3 is 4.74 Å². The van der Waals surface area contributed by atoms with Crippen LogP contribution in [0.1, 0.15) is 29.5 Å².